The second-order valence-corrected chi connectivity index (χ2v) is 9.04. The molecule has 4 rings (SSSR count). The van der Waals surface area contributed by atoms with Gasteiger partial charge in [0.1, 0.15) is 0 Å². The van der Waals surface area contributed by atoms with Crippen molar-refractivity contribution in [2.24, 2.45) is 5.92 Å². The zero-order valence-electron chi connectivity index (χ0n) is 16.2. The Balaban J connectivity index is 1.63. The number of fused-ring (bicyclic) bond motifs is 1. The molecule has 2 heterocycles. The molecular weight excluding hydrogens is 416 g/mol. The van der Waals surface area contributed by atoms with Crippen LogP contribution in [0.25, 0.3) is 0 Å². The summed E-state index contributed by atoms with van der Waals surface area (Å²) >= 11 is 3.58. The fourth-order valence-electron chi connectivity index (χ4n) is 4.78. The Kier molecular flexibility index (Phi) is 5.85. The van der Waals surface area contributed by atoms with Crippen LogP contribution >= 0.6 is 15.9 Å². The van der Waals surface area contributed by atoms with Crippen molar-refractivity contribution in [3.05, 3.63) is 70.2 Å². The van der Waals surface area contributed by atoms with Crippen LogP contribution in [-0.4, -0.2) is 46.0 Å². The van der Waals surface area contributed by atoms with Gasteiger partial charge in [-0.1, -0.05) is 65.3 Å². The molecule has 0 spiro atoms. The molecule has 2 fully saturated rings. The van der Waals surface area contributed by atoms with E-state index in [1.165, 1.54) is 5.56 Å². The summed E-state index contributed by atoms with van der Waals surface area (Å²) in [4.78, 5) is 17.5. The quantitative estimate of drug-likeness (QED) is 0.780. The second kappa shape index (κ2) is 8.36. The van der Waals surface area contributed by atoms with Gasteiger partial charge in [0.15, 0.2) is 0 Å². The lowest BCUT2D eigenvalue weighted by atomic mass is 9.82. The first-order valence-corrected chi connectivity index (χ1v) is 10.8. The monoisotopic (exact) mass is 442 g/mol. The van der Waals surface area contributed by atoms with Crippen molar-refractivity contribution < 1.29 is 9.90 Å². The Morgan fingerprint density at radius 2 is 1.86 bits per heavy atom. The number of hydrogen-bond donors (Lipinski definition) is 1. The van der Waals surface area contributed by atoms with Crippen LogP contribution in [0.5, 0.6) is 0 Å². The fourth-order valence-corrected chi connectivity index (χ4v) is 5.20. The van der Waals surface area contributed by atoms with E-state index in [-0.39, 0.29) is 18.0 Å². The molecule has 1 amide bonds. The molecule has 5 heteroatoms. The van der Waals surface area contributed by atoms with Crippen molar-refractivity contribution in [2.75, 3.05) is 13.1 Å². The van der Waals surface area contributed by atoms with Crippen molar-refractivity contribution >= 4 is 21.8 Å². The van der Waals surface area contributed by atoms with Crippen LogP contribution < -0.4 is 0 Å². The Morgan fingerprint density at radius 1 is 1.07 bits per heavy atom. The summed E-state index contributed by atoms with van der Waals surface area (Å²) in [7, 11) is 0. The Hall–Kier alpha value is -1.69. The van der Waals surface area contributed by atoms with Gasteiger partial charge in [0, 0.05) is 30.1 Å². The first kappa shape index (κ1) is 19.6. The average molecular weight is 443 g/mol. The Bertz CT molecular complexity index is 828. The molecule has 0 unspecified atom stereocenters. The fraction of sp³-hybridized carbons (Fsp3) is 0.435. The zero-order valence-corrected chi connectivity index (χ0v) is 17.8. The van der Waals surface area contributed by atoms with Crippen LogP contribution in [0.15, 0.2) is 59.1 Å². The minimum absolute atomic E-state index is 0.145. The van der Waals surface area contributed by atoms with Crippen LogP contribution in [0.1, 0.15) is 36.9 Å². The number of nitrogens with zero attached hydrogens (tertiary/aromatic N) is 2. The molecule has 4 nitrogen and oxygen atoms in total. The third kappa shape index (κ3) is 4.02. The SMILES string of the molecule is C[C@H]1CC[C@H]2C(=O)N(Cc3ccccc3)C[C@@H](O)CN2[C@@H]1c1cccc(Br)c1. The van der Waals surface area contributed by atoms with E-state index in [4.69, 9.17) is 0 Å². The third-order valence-corrected chi connectivity index (χ3v) is 6.54. The summed E-state index contributed by atoms with van der Waals surface area (Å²) in [5, 5.41) is 10.8. The molecule has 0 radical (unpaired) electrons. The molecule has 0 saturated carbocycles. The molecule has 0 aliphatic carbocycles. The van der Waals surface area contributed by atoms with Crippen molar-refractivity contribution in [1.82, 2.24) is 9.80 Å². The number of aliphatic hydroxyl groups is 1. The Morgan fingerprint density at radius 3 is 2.61 bits per heavy atom. The smallest absolute Gasteiger partial charge is 0.240 e. The predicted octanol–water partition coefficient (Wildman–Crippen LogP) is 3.99. The lowest BCUT2D eigenvalue weighted by Gasteiger charge is -2.44. The summed E-state index contributed by atoms with van der Waals surface area (Å²) in [5.74, 6) is 0.582. The molecule has 2 aromatic rings. The number of carbonyl (C=O) groups excluding carboxylic acids is 1. The lowest BCUT2D eigenvalue weighted by Crippen LogP contribution is -2.51. The predicted molar refractivity (Wildman–Crippen MR) is 114 cm³/mol. The van der Waals surface area contributed by atoms with Gasteiger partial charge in [0.2, 0.25) is 5.91 Å². The normalized spacial score (nSPS) is 28.7. The molecule has 2 saturated heterocycles. The van der Waals surface area contributed by atoms with Crippen LogP contribution in [0.4, 0.5) is 0 Å². The molecule has 4 atom stereocenters. The van der Waals surface area contributed by atoms with Crippen molar-refractivity contribution in [2.45, 2.75) is 44.5 Å². The zero-order chi connectivity index (χ0) is 19.7. The highest BCUT2D eigenvalue weighted by Crippen LogP contribution is 2.41. The van der Waals surface area contributed by atoms with E-state index in [1.807, 2.05) is 47.4 Å². The summed E-state index contributed by atoms with van der Waals surface area (Å²) in [5.41, 5.74) is 2.31. The number of hydrogen-bond acceptors (Lipinski definition) is 3. The highest BCUT2D eigenvalue weighted by molar-refractivity contribution is 9.10. The number of benzene rings is 2. The average Bonchev–Trinajstić information content (AvgIpc) is 2.79. The summed E-state index contributed by atoms with van der Waals surface area (Å²) in [6.07, 6.45) is 1.32. The number of aliphatic hydroxyl groups excluding tert-OH is 1. The molecule has 1 N–H and O–H groups in total. The minimum Gasteiger partial charge on any atom is -0.390 e. The maximum absolute atomic E-state index is 13.4. The molecule has 0 bridgehead atoms. The molecule has 2 aliphatic rings. The number of carbonyl (C=O) groups is 1. The van der Waals surface area contributed by atoms with E-state index in [9.17, 15) is 9.90 Å². The third-order valence-electron chi connectivity index (χ3n) is 6.05. The van der Waals surface area contributed by atoms with Gasteiger partial charge in [-0.25, -0.2) is 0 Å². The molecule has 28 heavy (non-hydrogen) atoms. The number of rotatable bonds is 3. The summed E-state index contributed by atoms with van der Waals surface area (Å²) in [6, 6.07) is 18.4. The Labute approximate surface area is 175 Å². The number of β-amino-alcohol motifs (C(OH)–C–C–N with tert-alkyl or cyclic N) is 1. The highest BCUT2D eigenvalue weighted by Gasteiger charge is 2.44. The van der Waals surface area contributed by atoms with Gasteiger partial charge in [0.05, 0.1) is 12.1 Å². The maximum atomic E-state index is 13.4. The standard InChI is InChI=1S/C23H27BrN2O2/c1-16-10-11-21-23(28)25(13-17-6-3-2-4-7-17)14-20(27)15-26(21)22(16)18-8-5-9-19(24)12-18/h2-9,12,16,20-22,27H,10-11,13-15H2,1H3/t16-,20+,21-,22-/m0/s1. The van der Waals surface area contributed by atoms with Crippen LogP contribution in [0.2, 0.25) is 0 Å². The molecule has 0 aromatic heterocycles. The van der Waals surface area contributed by atoms with E-state index in [1.54, 1.807) is 0 Å². The van der Waals surface area contributed by atoms with E-state index >= 15 is 0 Å². The second-order valence-electron chi connectivity index (χ2n) is 8.13. The van der Waals surface area contributed by atoms with Gasteiger partial charge in [-0.2, -0.15) is 0 Å². The van der Waals surface area contributed by atoms with E-state index < -0.39 is 6.10 Å². The molecule has 2 aliphatic heterocycles. The number of amides is 1. The van der Waals surface area contributed by atoms with E-state index in [0.717, 1.165) is 22.9 Å². The topological polar surface area (TPSA) is 43.8 Å². The van der Waals surface area contributed by atoms with E-state index in [2.05, 4.69) is 39.9 Å². The van der Waals surface area contributed by atoms with Crippen molar-refractivity contribution in [3.63, 3.8) is 0 Å². The molecule has 2 aromatic carbocycles. The van der Waals surface area contributed by atoms with Gasteiger partial charge < -0.3 is 10.0 Å². The first-order chi connectivity index (χ1) is 13.5. The van der Waals surface area contributed by atoms with Gasteiger partial charge in [0.25, 0.3) is 0 Å². The number of piperidine rings is 1. The first-order valence-electron chi connectivity index (χ1n) is 10.0. The number of halogens is 1. The van der Waals surface area contributed by atoms with Gasteiger partial charge in [-0.3, -0.25) is 9.69 Å². The molecule has 148 valence electrons. The largest absolute Gasteiger partial charge is 0.390 e. The van der Waals surface area contributed by atoms with Crippen LogP contribution in [0.3, 0.4) is 0 Å². The van der Waals surface area contributed by atoms with Gasteiger partial charge in [-0.15, -0.1) is 0 Å². The summed E-state index contributed by atoms with van der Waals surface area (Å²) < 4.78 is 1.05. The molecular formula is C23H27BrN2O2. The van der Waals surface area contributed by atoms with Gasteiger partial charge in [-0.05, 0) is 42.0 Å². The van der Waals surface area contributed by atoms with E-state index in [0.29, 0.717) is 25.6 Å². The highest BCUT2D eigenvalue weighted by atomic mass is 79.9. The van der Waals surface area contributed by atoms with Gasteiger partial charge >= 0.3 is 0 Å². The maximum Gasteiger partial charge on any atom is 0.240 e. The van der Waals surface area contributed by atoms with Crippen molar-refractivity contribution in [3.8, 4) is 0 Å². The lowest BCUT2D eigenvalue weighted by molar-refractivity contribution is -0.139. The minimum atomic E-state index is -0.544. The van der Waals surface area contributed by atoms with Crippen molar-refractivity contribution in [1.29, 1.82) is 0 Å². The van der Waals surface area contributed by atoms with Crippen LogP contribution in [-0.2, 0) is 11.3 Å². The summed E-state index contributed by atoms with van der Waals surface area (Å²) in [6.45, 7) is 3.73. The van der Waals surface area contributed by atoms with Crippen LogP contribution in [0, 0.1) is 5.92 Å².